The van der Waals surface area contributed by atoms with Crippen molar-refractivity contribution < 1.29 is 28.7 Å². The van der Waals surface area contributed by atoms with Crippen LogP contribution in [-0.2, 0) is 14.3 Å². The molecule has 0 N–H and O–H groups in total. The predicted octanol–water partition coefficient (Wildman–Crippen LogP) is 0.941. The lowest BCUT2D eigenvalue weighted by atomic mass is 10.1. The number of rotatable bonds is 4. The van der Waals surface area contributed by atoms with Crippen molar-refractivity contribution in [3.63, 3.8) is 0 Å². The molecule has 0 saturated carbocycles. The number of esters is 2. The summed E-state index contributed by atoms with van der Waals surface area (Å²) in [5.41, 5.74) is 0.471. The molecule has 1 aromatic rings. The molecule has 0 unspecified atom stereocenters. The molecule has 7 heteroatoms. The second kappa shape index (κ2) is 5.68. The van der Waals surface area contributed by atoms with Crippen molar-refractivity contribution in [2.75, 3.05) is 13.2 Å². The Kier molecular flexibility index (Phi) is 3.69. The van der Waals surface area contributed by atoms with Crippen LogP contribution in [0.5, 0.6) is 0 Å². The summed E-state index contributed by atoms with van der Waals surface area (Å²) in [6, 6.07) is 4.10. The number of nitrogens with zero attached hydrogens (tertiary/aromatic N) is 1. The van der Waals surface area contributed by atoms with Gasteiger partial charge in [-0.1, -0.05) is 6.08 Å². The molecule has 3 rings (SSSR count). The Labute approximate surface area is 131 Å². The topological polar surface area (TPSA) is 90.0 Å². The monoisotopic (exact) mass is 315 g/mol. The van der Waals surface area contributed by atoms with Crippen LogP contribution >= 0.6 is 0 Å². The number of imide groups is 1. The SMILES string of the molecule is C=CCN1C(=O)c2ccc(C(=O)O[C@H]3CCOC3=O)cc2C1=O. The van der Waals surface area contributed by atoms with E-state index in [1.54, 1.807) is 0 Å². The minimum atomic E-state index is -0.926. The van der Waals surface area contributed by atoms with Gasteiger partial charge in [0, 0.05) is 13.0 Å². The Hall–Kier alpha value is -2.96. The third-order valence-electron chi connectivity index (χ3n) is 3.65. The average molecular weight is 315 g/mol. The Morgan fingerprint density at radius 3 is 2.70 bits per heavy atom. The van der Waals surface area contributed by atoms with Gasteiger partial charge >= 0.3 is 11.9 Å². The first-order valence-electron chi connectivity index (χ1n) is 7.01. The van der Waals surface area contributed by atoms with Crippen LogP contribution < -0.4 is 0 Å². The zero-order valence-electron chi connectivity index (χ0n) is 12.1. The van der Waals surface area contributed by atoms with E-state index in [2.05, 4.69) is 6.58 Å². The smallest absolute Gasteiger partial charge is 0.347 e. The van der Waals surface area contributed by atoms with Crippen molar-refractivity contribution in [1.82, 2.24) is 4.90 Å². The summed E-state index contributed by atoms with van der Waals surface area (Å²) in [6.07, 6.45) is 0.827. The van der Waals surface area contributed by atoms with Crippen molar-refractivity contribution in [1.29, 1.82) is 0 Å². The molecule has 0 radical (unpaired) electrons. The number of hydrogen-bond donors (Lipinski definition) is 0. The molecule has 118 valence electrons. The van der Waals surface area contributed by atoms with Crippen LogP contribution in [0.25, 0.3) is 0 Å². The van der Waals surface area contributed by atoms with E-state index in [1.807, 2.05) is 0 Å². The molecule has 7 nitrogen and oxygen atoms in total. The number of cyclic esters (lactones) is 1. The summed E-state index contributed by atoms with van der Waals surface area (Å²) in [7, 11) is 0. The largest absolute Gasteiger partial charge is 0.463 e. The number of carbonyl (C=O) groups is 4. The maximum absolute atomic E-state index is 12.2. The van der Waals surface area contributed by atoms with Gasteiger partial charge in [0.25, 0.3) is 11.8 Å². The molecule has 1 atom stereocenters. The standard InChI is InChI=1S/C16H13NO6/c1-2-6-17-13(18)10-4-3-9(8-11(10)14(17)19)15(20)23-12-5-7-22-16(12)21/h2-4,8,12H,1,5-7H2/t12-/m0/s1. The van der Waals surface area contributed by atoms with Gasteiger partial charge in [0.1, 0.15) is 0 Å². The van der Waals surface area contributed by atoms with Gasteiger partial charge in [-0.2, -0.15) is 0 Å². The van der Waals surface area contributed by atoms with E-state index in [-0.39, 0.29) is 29.8 Å². The molecule has 0 bridgehead atoms. The van der Waals surface area contributed by atoms with Gasteiger partial charge in [0.2, 0.25) is 6.10 Å². The summed E-state index contributed by atoms with van der Waals surface area (Å²) in [5, 5.41) is 0. The van der Waals surface area contributed by atoms with E-state index in [9.17, 15) is 19.2 Å². The van der Waals surface area contributed by atoms with Crippen molar-refractivity contribution in [2.45, 2.75) is 12.5 Å². The van der Waals surface area contributed by atoms with E-state index >= 15 is 0 Å². The van der Waals surface area contributed by atoms with Gasteiger partial charge in [0.05, 0.1) is 23.3 Å². The lowest BCUT2D eigenvalue weighted by Crippen LogP contribution is -2.29. The molecule has 0 aliphatic carbocycles. The third kappa shape index (κ3) is 2.50. The fourth-order valence-electron chi connectivity index (χ4n) is 2.49. The number of carbonyl (C=O) groups excluding carboxylic acids is 4. The lowest BCUT2D eigenvalue weighted by Gasteiger charge is -2.09. The van der Waals surface area contributed by atoms with Crippen LogP contribution in [0.15, 0.2) is 30.9 Å². The van der Waals surface area contributed by atoms with E-state index in [4.69, 9.17) is 9.47 Å². The Morgan fingerprint density at radius 1 is 1.30 bits per heavy atom. The molecule has 0 aromatic heterocycles. The lowest BCUT2D eigenvalue weighted by molar-refractivity contribution is -0.145. The van der Waals surface area contributed by atoms with Crippen LogP contribution in [0, 0.1) is 0 Å². The van der Waals surface area contributed by atoms with Gasteiger partial charge in [-0.3, -0.25) is 14.5 Å². The molecule has 1 fully saturated rings. The highest BCUT2D eigenvalue weighted by atomic mass is 16.6. The highest BCUT2D eigenvalue weighted by molar-refractivity contribution is 6.22. The molecular formula is C16H13NO6. The van der Waals surface area contributed by atoms with Crippen LogP contribution in [-0.4, -0.2) is 47.9 Å². The van der Waals surface area contributed by atoms with E-state index in [0.717, 1.165) is 4.90 Å². The Bertz CT molecular complexity index is 738. The quantitative estimate of drug-likeness (QED) is 0.467. The zero-order chi connectivity index (χ0) is 16.6. The Balaban J connectivity index is 1.83. The average Bonchev–Trinajstić information content (AvgIpc) is 3.04. The van der Waals surface area contributed by atoms with Crippen LogP contribution in [0.1, 0.15) is 37.5 Å². The van der Waals surface area contributed by atoms with Gasteiger partial charge < -0.3 is 9.47 Å². The summed E-state index contributed by atoms with van der Waals surface area (Å²) in [6.45, 7) is 3.81. The normalized spacial score (nSPS) is 19.6. The van der Waals surface area contributed by atoms with Crippen molar-refractivity contribution in [3.8, 4) is 0 Å². The zero-order valence-corrected chi connectivity index (χ0v) is 12.1. The molecule has 2 aliphatic heterocycles. The molecule has 2 heterocycles. The van der Waals surface area contributed by atoms with E-state index < -0.39 is 29.9 Å². The van der Waals surface area contributed by atoms with Gasteiger partial charge in [0.15, 0.2) is 0 Å². The number of benzene rings is 1. The highest BCUT2D eigenvalue weighted by Crippen LogP contribution is 2.24. The van der Waals surface area contributed by atoms with Gasteiger partial charge in [-0.15, -0.1) is 6.58 Å². The number of fused-ring (bicyclic) bond motifs is 1. The highest BCUT2D eigenvalue weighted by Gasteiger charge is 2.36. The first kappa shape index (κ1) is 15.0. The summed E-state index contributed by atoms with van der Waals surface area (Å²) in [4.78, 5) is 48.7. The molecule has 2 aliphatic rings. The summed E-state index contributed by atoms with van der Waals surface area (Å²) >= 11 is 0. The second-order valence-corrected chi connectivity index (χ2v) is 5.12. The van der Waals surface area contributed by atoms with Crippen molar-refractivity contribution in [3.05, 3.63) is 47.5 Å². The van der Waals surface area contributed by atoms with Crippen LogP contribution in [0.2, 0.25) is 0 Å². The molecule has 1 aromatic carbocycles. The fourth-order valence-corrected chi connectivity index (χ4v) is 2.49. The summed E-state index contributed by atoms with van der Waals surface area (Å²) < 4.78 is 9.78. The van der Waals surface area contributed by atoms with E-state index in [0.29, 0.717) is 6.42 Å². The van der Waals surface area contributed by atoms with Crippen molar-refractivity contribution >= 4 is 23.8 Å². The number of amides is 2. The van der Waals surface area contributed by atoms with Gasteiger partial charge in [-0.25, -0.2) is 9.59 Å². The Morgan fingerprint density at radius 2 is 2.04 bits per heavy atom. The first-order valence-corrected chi connectivity index (χ1v) is 7.01. The predicted molar refractivity (Wildman–Crippen MR) is 76.8 cm³/mol. The molecular weight excluding hydrogens is 302 g/mol. The fraction of sp³-hybridized carbons (Fsp3) is 0.250. The maximum Gasteiger partial charge on any atom is 0.347 e. The van der Waals surface area contributed by atoms with Gasteiger partial charge in [-0.05, 0) is 18.2 Å². The molecule has 0 spiro atoms. The second-order valence-electron chi connectivity index (χ2n) is 5.12. The molecule has 23 heavy (non-hydrogen) atoms. The molecule has 1 saturated heterocycles. The first-order chi connectivity index (χ1) is 11.0. The van der Waals surface area contributed by atoms with Crippen molar-refractivity contribution in [2.24, 2.45) is 0 Å². The van der Waals surface area contributed by atoms with E-state index in [1.165, 1.54) is 24.3 Å². The minimum absolute atomic E-state index is 0.0973. The summed E-state index contributed by atoms with van der Waals surface area (Å²) in [5.74, 6) is -2.23. The number of ether oxygens (including phenoxy) is 2. The third-order valence-corrected chi connectivity index (χ3v) is 3.65. The van der Waals surface area contributed by atoms with Crippen LogP contribution in [0.3, 0.4) is 0 Å². The maximum atomic E-state index is 12.2. The number of hydrogen-bond acceptors (Lipinski definition) is 6. The molecule has 2 amide bonds. The van der Waals surface area contributed by atoms with Crippen LogP contribution in [0.4, 0.5) is 0 Å². The minimum Gasteiger partial charge on any atom is -0.463 e.